The van der Waals surface area contributed by atoms with Crippen LogP contribution in [0.5, 0.6) is 0 Å². The Morgan fingerprint density at radius 1 is 1.20 bits per heavy atom. The predicted molar refractivity (Wildman–Crippen MR) is 115 cm³/mol. The number of carbonyl (C=O) groups excluding carboxylic acids is 4. The molecule has 1 aromatic rings. The van der Waals surface area contributed by atoms with Gasteiger partial charge < -0.3 is 15.0 Å². The van der Waals surface area contributed by atoms with Crippen molar-refractivity contribution in [3.63, 3.8) is 0 Å². The van der Waals surface area contributed by atoms with Crippen LogP contribution >= 0.6 is 11.8 Å². The summed E-state index contributed by atoms with van der Waals surface area (Å²) in [4.78, 5) is 50.2. The monoisotopic (exact) mass is 430 g/mol. The molecule has 2 atom stereocenters. The number of allylic oxidation sites excluding steroid dienone is 2. The van der Waals surface area contributed by atoms with Crippen molar-refractivity contribution in [2.75, 3.05) is 18.9 Å². The van der Waals surface area contributed by atoms with E-state index in [9.17, 15) is 19.2 Å². The van der Waals surface area contributed by atoms with Gasteiger partial charge in [-0.2, -0.15) is 0 Å². The van der Waals surface area contributed by atoms with Crippen molar-refractivity contribution in [3.8, 4) is 0 Å². The van der Waals surface area contributed by atoms with Crippen LogP contribution in [0.1, 0.15) is 19.4 Å². The number of esters is 1. The molecule has 0 spiro atoms. The van der Waals surface area contributed by atoms with Gasteiger partial charge >= 0.3 is 5.97 Å². The van der Waals surface area contributed by atoms with E-state index in [4.69, 9.17) is 4.74 Å². The van der Waals surface area contributed by atoms with Crippen LogP contribution in [-0.4, -0.2) is 52.7 Å². The molecular weight excluding hydrogens is 404 g/mol. The number of nitrogens with one attached hydrogen (secondary N) is 1. The average molecular weight is 431 g/mol. The molecule has 8 heteroatoms. The molecule has 1 heterocycles. The van der Waals surface area contributed by atoms with Gasteiger partial charge in [-0.25, -0.2) is 0 Å². The molecular formula is C22H26N2O5S. The Morgan fingerprint density at radius 3 is 2.60 bits per heavy atom. The molecule has 7 nitrogen and oxygen atoms in total. The van der Waals surface area contributed by atoms with Crippen LogP contribution in [0.15, 0.2) is 54.8 Å². The van der Waals surface area contributed by atoms with Gasteiger partial charge in [0.2, 0.25) is 5.91 Å². The predicted octanol–water partition coefficient (Wildman–Crippen LogP) is 2.08. The summed E-state index contributed by atoms with van der Waals surface area (Å²) >= 11 is 1.08. The van der Waals surface area contributed by atoms with Crippen molar-refractivity contribution in [3.05, 3.63) is 60.3 Å². The number of benzene rings is 1. The fourth-order valence-corrected chi connectivity index (χ4v) is 3.57. The molecule has 0 saturated heterocycles. The van der Waals surface area contributed by atoms with Gasteiger partial charge in [0.25, 0.3) is 5.91 Å². The van der Waals surface area contributed by atoms with E-state index in [0.29, 0.717) is 12.2 Å². The first kappa shape index (κ1) is 23.4. The minimum atomic E-state index is -0.914. The maximum Gasteiger partial charge on any atom is 0.326 e. The van der Waals surface area contributed by atoms with Crippen molar-refractivity contribution in [1.82, 2.24) is 10.2 Å². The Labute approximate surface area is 180 Å². The van der Waals surface area contributed by atoms with Crippen LogP contribution in [0.3, 0.4) is 0 Å². The summed E-state index contributed by atoms with van der Waals surface area (Å²) < 4.78 is 4.90. The second-order valence-corrected chi connectivity index (χ2v) is 7.87. The highest BCUT2D eigenvalue weighted by Gasteiger charge is 2.29. The van der Waals surface area contributed by atoms with E-state index in [2.05, 4.69) is 5.32 Å². The molecule has 0 unspecified atom stereocenters. The van der Waals surface area contributed by atoms with Crippen molar-refractivity contribution in [1.29, 1.82) is 0 Å². The van der Waals surface area contributed by atoms with Crippen molar-refractivity contribution < 1.29 is 23.9 Å². The maximum atomic E-state index is 13.0. The van der Waals surface area contributed by atoms with Crippen molar-refractivity contribution in [2.24, 2.45) is 5.92 Å². The molecule has 30 heavy (non-hydrogen) atoms. The Hall–Kier alpha value is -2.87. The largest absolute Gasteiger partial charge is 0.465 e. The van der Waals surface area contributed by atoms with Crippen LogP contribution in [0.4, 0.5) is 0 Å². The van der Waals surface area contributed by atoms with E-state index in [-0.39, 0.29) is 24.2 Å². The average Bonchev–Trinajstić information content (AvgIpc) is 2.88. The molecule has 0 aliphatic carbocycles. The second-order valence-electron chi connectivity index (χ2n) is 6.67. The first-order chi connectivity index (χ1) is 14.4. The van der Waals surface area contributed by atoms with Gasteiger partial charge in [-0.3, -0.25) is 19.2 Å². The van der Waals surface area contributed by atoms with E-state index in [0.717, 1.165) is 17.3 Å². The first-order valence-electron chi connectivity index (χ1n) is 9.69. The van der Waals surface area contributed by atoms with Crippen LogP contribution in [0.2, 0.25) is 0 Å². The smallest absolute Gasteiger partial charge is 0.326 e. The number of nitrogens with zero attached hydrogens (tertiary/aromatic N) is 1. The van der Waals surface area contributed by atoms with Gasteiger partial charge in [0.1, 0.15) is 12.6 Å². The van der Waals surface area contributed by atoms with Crippen LogP contribution in [0.25, 0.3) is 0 Å². The summed E-state index contributed by atoms with van der Waals surface area (Å²) in [5.74, 6) is -1.46. The van der Waals surface area contributed by atoms with E-state index in [1.165, 1.54) is 18.0 Å². The number of carbonyl (C=O) groups is 4. The Kier molecular flexibility index (Phi) is 9.34. The highest BCUT2D eigenvalue weighted by molar-refractivity contribution is 8.13. The lowest BCUT2D eigenvalue weighted by Gasteiger charge is -2.23. The molecule has 2 amide bonds. The van der Waals surface area contributed by atoms with E-state index in [1.807, 2.05) is 30.3 Å². The number of hydrogen-bond acceptors (Lipinski definition) is 6. The van der Waals surface area contributed by atoms with Gasteiger partial charge in [0, 0.05) is 18.9 Å². The Balaban J connectivity index is 2.08. The molecule has 0 saturated carbocycles. The van der Waals surface area contributed by atoms with Gasteiger partial charge in [0.05, 0.1) is 12.5 Å². The molecule has 1 aliphatic rings. The Bertz CT molecular complexity index is 822. The molecule has 0 radical (unpaired) electrons. The Morgan fingerprint density at radius 2 is 1.93 bits per heavy atom. The van der Waals surface area contributed by atoms with Crippen molar-refractivity contribution in [2.45, 2.75) is 26.3 Å². The maximum absolute atomic E-state index is 13.0. The molecule has 2 rings (SSSR count). The standard InChI is InChI=1S/C22H26N2O5S/c1-3-29-20(26)14-24-12-8-7-11-19(22(24)28)23-21(27)18(15-30-16(2)25)13-17-9-5-4-6-10-17/h4-12,18-19H,3,13-15H2,1-2H3,(H,23,27)/t18-,19+/m1/s1. The summed E-state index contributed by atoms with van der Waals surface area (Å²) in [5, 5.41) is 2.68. The summed E-state index contributed by atoms with van der Waals surface area (Å²) in [6, 6.07) is 8.59. The summed E-state index contributed by atoms with van der Waals surface area (Å²) in [6.07, 6.45) is 6.76. The fourth-order valence-electron chi connectivity index (χ4n) is 2.86. The lowest BCUT2D eigenvalue weighted by molar-refractivity contribution is -0.147. The zero-order valence-electron chi connectivity index (χ0n) is 17.1. The molecule has 0 bridgehead atoms. The van der Waals surface area contributed by atoms with Gasteiger partial charge in [-0.05, 0) is 25.0 Å². The van der Waals surface area contributed by atoms with Gasteiger partial charge in [-0.15, -0.1) is 0 Å². The SMILES string of the molecule is CCOC(=O)CN1C=CC=C[C@H](NC(=O)[C@@H](CSC(C)=O)Cc2ccccc2)C1=O. The van der Waals surface area contributed by atoms with E-state index < -0.39 is 23.8 Å². The minimum Gasteiger partial charge on any atom is -0.465 e. The number of rotatable bonds is 9. The van der Waals surface area contributed by atoms with Gasteiger partial charge in [-0.1, -0.05) is 54.2 Å². The van der Waals surface area contributed by atoms with E-state index in [1.54, 1.807) is 25.2 Å². The highest BCUT2D eigenvalue weighted by atomic mass is 32.2. The summed E-state index contributed by atoms with van der Waals surface area (Å²) in [7, 11) is 0. The number of hydrogen-bond donors (Lipinski definition) is 1. The lowest BCUT2D eigenvalue weighted by Crippen LogP contribution is -2.49. The normalized spacial score (nSPS) is 16.7. The van der Waals surface area contributed by atoms with Crippen LogP contribution in [0, 0.1) is 5.92 Å². The lowest BCUT2D eigenvalue weighted by atomic mass is 9.99. The topological polar surface area (TPSA) is 92.8 Å². The van der Waals surface area contributed by atoms with Crippen LogP contribution < -0.4 is 5.32 Å². The third-order valence-corrected chi connectivity index (χ3v) is 5.29. The zero-order valence-corrected chi connectivity index (χ0v) is 17.9. The quantitative estimate of drug-likeness (QED) is 0.603. The molecule has 160 valence electrons. The molecule has 0 fully saturated rings. The second kappa shape index (κ2) is 12.0. The van der Waals surface area contributed by atoms with E-state index >= 15 is 0 Å². The van der Waals surface area contributed by atoms with Crippen LogP contribution in [-0.2, 0) is 30.3 Å². The van der Waals surface area contributed by atoms with Gasteiger partial charge in [0.15, 0.2) is 5.12 Å². The summed E-state index contributed by atoms with van der Waals surface area (Å²) in [6.45, 7) is 3.13. The summed E-state index contributed by atoms with van der Waals surface area (Å²) in [5.41, 5.74) is 0.968. The fraction of sp³-hybridized carbons (Fsp3) is 0.364. The first-order valence-corrected chi connectivity index (χ1v) is 10.7. The van der Waals surface area contributed by atoms with Crippen molar-refractivity contribution >= 4 is 34.7 Å². The zero-order chi connectivity index (χ0) is 21.9. The molecule has 1 aromatic carbocycles. The number of amides is 2. The number of ether oxygens (including phenoxy) is 1. The molecule has 0 aromatic heterocycles. The third kappa shape index (κ3) is 7.51. The molecule has 1 N–H and O–H groups in total. The number of thioether (sulfide) groups is 1. The third-order valence-electron chi connectivity index (χ3n) is 4.32. The molecule has 1 aliphatic heterocycles. The highest BCUT2D eigenvalue weighted by Crippen LogP contribution is 2.17. The minimum absolute atomic E-state index is 0.0730.